The van der Waals surface area contributed by atoms with Gasteiger partial charge in [0.25, 0.3) is 0 Å². The number of carboxylic acid groups (broad SMARTS) is 1. The van der Waals surface area contributed by atoms with E-state index in [0.29, 0.717) is 0 Å². The van der Waals surface area contributed by atoms with E-state index in [1.165, 1.54) is 12.1 Å². The summed E-state index contributed by atoms with van der Waals surface area (Å²) in [7, 11) is 0. The zero-order chi connectivity index (χ0) is 15.4. The number of hydrogen-bond donors (Lipinski definition) is 2. The van der Waals surface area contributed by atoms with Gasteiger partial charge >= 0.3 is 5.97 Å². The average molecular weight is 291 g/mol. The summed E-state index contributed by atoms with van der Waals surface area (Å²) in [4.78, 5) is 15.1. The number of benzene rings is 2. The van der Waals surface area contributed by atoms with Crippen LogP contribution in [0, 0.1) is 0 Å². The zero-order valence-corrected chi connectivity index (χ0v) is 11.6. The molecular weight excluding hydrogens is 278 g/mol. The zero-order valence-electron chi connectivity index (χ0n) is 11.6. The minimum atomic E-state index is -0.947. The molecule has 0 saturated heterocycles. The number of hydrogen-bond acceptors (Lipinski definition) is 4. The monoisotopic (exact) mass is 291 g/mol. The highest BCUT2D eigenvalue weighted by molar-refractivity contribution is 5.97. The van der Waals surface area contributed by atoms with Gasteiger partial charge in [-0.25, -0.2) is 4.79 Å². The number of carbonyl (C=O) groups is 1. The molecular formula is C17H13N3O2. The van der Waals surface area contributed by atoms with E-state index in [-0.39, 0.29) is 5.56 Å². The third-order valence-corrected chi connectivity index (χ3v) is 3.19. The van der Waals surface area contributed by atoms with Crippen LogP contribution in [0.25, 0.3) is 10.9 Å². The molecule has 5 nitrogen and oxygen atoms in total. The summed E-state index contributed by atoms with van der Waals surface area (Å²) < 4.78 is 0. The molecule has 0 fully saturated rings. The van der Waals surface area contributed by atoms with Crippen molar-refractivity contribution in [2.75, 3.05) is 5.43 Å². The van der Waals surface area contributed by atoms with E-state index >= 15 is 0 Å². The predicted molar refractivity (Wildman–Crippen MR) is 86.4 cm³/mol. The Morgan fingerprint density at radius 3 is 2.64 bits per heavy atom. The van der Waals surface area contributed by atoms with E-state index in [0.717, 1.165) is 22.2 Å². The van der Waals surface area contributed by atoms with Crippen molar-refractivity contribution < 1.29 is 9.90 Å². The van der Waals surface area contributed by atoms with Gasteiger partial charge in [0.2, 0.25) is 0 Å². The number of nitrogens with zero attached hydrogens (tertiary/aromatic N) is 2. The Bertz CT molecular complexity index is 837. The lowest BCUT2D eigenvalue weighted by Crippen LogP contribution is -1.96. The molecule has 0 aliphatic heterocycles. The number of nitrogens with one attached hydrogen (secondary N) is 1. The van der Waals surface area contributed by atoms with Gasteiger partial charge in [0, 0.05) is 17.1 Å². The Kier molecular flexibility index (Phi) is 3.78. The number of fused-ring (bicyclic) bond motifs is 1. The predicted octanol–water partition coefficient (Wildman–Crippen LogP) is 3.38. The van der Waals surface area contributed by atoms with E-state index in [1.807, 2.05) is 30.3 Å². The lowest BCUT2D eigenvalue weighted by molar-refractivity contribution is 0.0697. The van der Waals surface area contributed by atoms with Crippen LogP contribution >= 0.6 is 0 Å². The minimum Gasteiger partial charge on any atom is -0.478 e. The van der Waals surface area contributed by atoms with Crippen LogP contribution in [0.4, 0.5) is 5.69 Å². The number of aromatic carboxylic acids is 1. The number of carboxylic acids is 1. The van der Waals surface area contributed by atoms with Crippen LogP contribution in [0.1, 0.15) is 15.9 Å². The van der Waals surface area contributed by atoms with E-state index < -0.39 is 5.97 Å². The van der Waals surface area contributed by atoms with Gasteiger partial charge in [-0.15, -0.1) is 0 Å². The first kappa shape index (κ1) is 13.8. The Morgan fingerprint density at radius 2 is 1.86 bits per heavy atom. The molecule has 108 valence electrons. The summed E-state index contributed by atoms with van der Waals surface area (Å²) in [5.41, 5.74) is 5.63. The fraction of sp³-hybridized carbons (Fsp3) is 0. The van der Waals surface area contributed by atoms with Crippen LogP contribution in [-0.2, 0) is 0 Å². The molecule has 2 N–H and O–H groups in total. The highest BCUT2D eigenvalue weighted by Gasteiger charge is 2.01. The third kappa shape index (κ3) is 2.93. The molecule has 1 aromatic heterocycles. The molecule has 22 heavy (non-hydrogen) atoms. The van der Waals surface area contributed by atoms with E-state index in [1.54, 1.807) is 24.5 Å². The highest BCUT2D eigenvalue weighted by Crippen LogP contribution is 2.14. The molecule has 2 aromatic carbocycles. The summed E-state index contributed by atoms with van der Waals surface area (Å²) in [5, 5.41) is 14.1. The third-order valence-electron chi connectivity index (χ3n) is 3.19. The number of para-hydroxylation sites is 1. The maximum atomic E-state index is 10.8. The number of anilines is 1. The van der Waals surface area contributed by atoms with Crippen molar-refractivity contribution in [3.63, 3.8) is 0 Å². The molecule has 0 aliphatic rings. The van der Waals surface area contributed by atoms with Crippen molar-refractivity contribution in [1.82, 2.24) is 4.98 Å². The van der Waals surface area contributed by atoms with Crippen LogP contribution in [-0.4, -0.2) is 22.3 Å². The molecule has 0 atom stereocenters. The minimum absolute atomic E-state index is 0.243. The highest BCUT2D eigenvalue weighted by atomic mass is 16.4. The second-order valence-electron chi connectivity index (χ2n) is 4.67. The standard InChI is InChI=1S/C17H13N3O2/c21-17(22)13-6-8-15(9-7-13)20-19-11-14-4-1-3-12-5-2-10-18-16(12)14/h1-11,20H,(H,21,22)/b19-11-. The van der Waals surface area contributed by atoms with E-state index in [2.05, 4.69) is 15.5 Å². The summed E-state index contributed by atoms with van der Waals surface area (Å²) in [6.07, 6.45) is 3.44. The molecule has 1 heterocycles. The van der Waals surface area contributed by atoms with Gasteiger partial charge in [-0.1, -0.05) is 24.3 Å². The molecule has 5 heteroatoms. The fourth-order valence-electron chi connectivity index (χ4n) is 2.10. The molecule has 0 aliphatic carbocycles. The Hall–Kier alpha value is -3.21. The van der Waals surface area contributed by atoms with Gasteiger partial charge < -0.3 is 5.11 Å². The van der Waals surface area contributed by atoms with Crippen molar-refractivity contribution in [1.29, 1.82) is 0 Å². The van der Waals surface area contributed by atoms with Gasteiger partial charge in [-0.05, 0) is 30.3 Å². The first-order valence-electron chi connectivity index (χ1n) is 6.70. The number of pyridine rings is 1. The van der Waals surface area contributed by atoms with Gasteiger partial charge in [-0.3, -0.25) is 10.4 Å². The average Bonchev–Trinajstić information content (AvgIpc) is 2.55. The normalized spacial score (nSPS) is 10.9. The van der Waals surface area contributed by atoms with Crippen molar-refractivity contribution in [3.05, 3.63) is 71.9 Å². The van der Waals surface area contributed by atoms with E-state index in [9.17, 15) is 4.79 Å². The van der Waals surface area contributed by atoms with Gasteiger partial charge in [-0.2, -0.15) is 5.10 Å². The lowest BCUT2D eigenvalue weighted by atomic mass is 10.1. The van der Waals surface area contributed by atoms with Crippen LogP contribution < -0.4 is 5.43 Å². The smallest absolute Gasteiger partial charge is 0.335 e. The molecule has 0 bridgehead atoms. The molecule has 3 rings (SSSR count). The SMILES string of the molecule is O=C(O)c1ccc(N/N=C\c2cccc3cccnc23)cc1. The lowest BCUT2D eigenvalue weighted by Gasteiger charge is -2.02. The van der Waals surface area contributed by atoms with Gasteiger partial charge in [0.1, 0.15) is 0 Å². The van der Waals surface area contributed by atoms with Crippen molar-refractivity contribution in [2.45, 2.75) is 0 Å². The van der Waals surface area contributed by atoms with Crippen LogP contribution in [0.2, 0.25) is 0 Å². The molecule has 0 radical (unpaired) electrons. The number of aromatic nitrogens is 1. The second kappa shape index (κ2) is 6.05. The Morgan fingerprint density at radius 1 is 1.09 bits per heavy atom. The van der Waals surface area contributed by atoms with Gasteiger partial charge in [0.05, 0.1) is 23.0 Å². The number of hydrazone groups is 1. The van der Waals surface area contributed by atoms with Crippen LogP contribution in [0.5, 0.6) is 0 Å². The fourth-order valence-corrected chi connectivity index (χ4v) is 2.10. The molecule has 0 unspecified atom stereocenters. The summed E-state index contributed by atoms with van der Waals surface area (Å²) in [6.45, 7) is 0. The largest absolute Gasteiger partial charge is 0.478 e. The molecule has 0 saturated carbocycles. The summed E-state index contributed by atoms with van der Waals surface area (Å²) >= 11 is 0. The maximum Gasteiger partial charge on any atom is 0.335 e. The second-order valence-corrected chi connectivity index (χ2v) is 4.67. The molecule has 0 spiro atoms. The first-order chi connectivity index (χ1) is 10.7. The topological polar surface area (TPSA) is 74.6 Å². The molecule has 3 aromatic rings. The Labute approximate surface area is 126 Å². The first-order valence-corrected chi connectivity index (χ1v) is 6.70. The van der Waals surface area contributed by atoms with Crippen LogP contribution in [0.15, 0.2) is 65.9 Å². The van der Waals surface area contributed by atoms with E-state index in [4.69, 9.17) is 5.11 Å². The summed E-state index contributed by atoms with van der Waals surface area (Å²) in [6, 6.07) is 16.2. The van der Waals surface area contributed by atoms with Crippen molar-refractivity contribution in [3.8, 4) is 0 Å². The van der Waals surface area contributed by atoms with Gasteiger partial charge in [0.15, 0.2) is 0 Å². The summed E-state index contributed by atoms with van der Waals surface area (Å²) in [5.74, 6) is -0.947. The van der Waals surface area contributed by atoms with Crippen LogP contribution in [0.3, 0.4) is 0 Å². The van der Waals surface area contributed by atoms with Crippen molar-refractivity contribution >= 4 is 28.8 Å². The quantitative estimate of drug-likeness (QED) is 0.571. The van der Waals surface area contributed by atoms with Crippen molar-refractivity contribution in [2.24, 2.45) is 5.10 Å². The number of rotatable bonds is 4. The Balaban J connectivity index is 1.77. The maximum absolute atomic E-state index is 10.8. The molecule has 0 amide bonds.